The van der Waals surface area contributed by atoms with Crippen molar-refractivity contribution in [3.8, 4) is 0 Å². The zero-order chi connectivity index (χ0) is 14.9. The van der Waals surface area contributed by atoms with E-state index in [2.05, 4.69) is 15.2 Å². The van der Waals surface area contributed by atoms with Crippen molar-refractivity contribution in [2.24, 2.45) is 5.92 Å². The highest BCUT2D eigenvalue weighted by atomic mass is 35.5. The van der Waals surface area contributed by atoms with Crippen molar-refractivity contribution in [2.75, 3.05) is 6.54 Å². The summed E-state index contributed by atoms with van der Waals surface area (Å²) < 4.78 is 0. The van der Waals surface area contributed by atoms with Crippen molar-refractivity contribution in [1.29, 1.82) is 0 Å². The number of nitrogens with zero attached hydrogens (tertiary/aromatic N) is 2. The molecule has 4 heterocycles. The number of aromatic nitrogens is 1. The number of amides is 1. The van der Waals surface area contributed by atoms with E-state index in [1.54, 1.807) is 11.3 Å². The van der Waals surface area contributed by atoms with Gasteiger partial charge in [-0.05, 0) is 50.9 Å². The van der Waals surface area contributed by atoms with Crippen LogP contribution in [0.5, 0.6) is 0 Å². The zero-order valence-corrected chi connectivity index (χ0v) is 16.3. The summed E-state index contributed by atoms with van der Waals surface area (Å²) in [5, 5.41) is 6.82. The van der Waals surface area contributed by atoms with Gasteiger partial charge in [-0.15, -0.1) is 36.2 Å². The molecule has 1 N–H and O–H groups in total. The molecule has 0 radical (unpaired) electrons. The lowest BCUT2D eigenvalue weighted by atomic mass is 9.88. The summed E-state index contributed by atoms with van der Waals surface area (Å²) in [5.41, 5.74) is 0. The highest BCUT2D eigenvalue weighted by Crippen LogP contribution is 2.36. The Hall–Kier alpha value is -0.360. The van der Waals surface area contributed by atoms with E-state index in [4.69, 9.17) is 0 Å². The number of rotatable bonds is 3. The quantitative estimate of drug-likeness (QED) is 0.847. The van der Waals surface area contributed by atoms with Crippen molar-refractivity contribution in [3.05, 3.63) is 16.6 Å². The number of thiazole rings is 1. The number of hydrogen-bond acceptors (Lipinski definition) is 4. The molecule has 3 unspecified atom stereocenters. The number of fused-ring (bicyclic) bond motifs is 2. The predicted molar refractivity (Wildman–Crippen MR) is 102 cm³/mol. The molecule has 1 aromatic heterocycles. The smallest absolute Gasteiger partial charge is 0.223 e. The van der Waals surface area contributed by atoms with Gasteiger partial charge in [0.1, 0.15) is 5.01 Å². The van der Waals surface area contributed by atoms with Crippen LogP contribution in [0.15, 0.2) is 11.6 Å². The number of carbonyl (C=O) groups is 1. The largest absolute Gasteiger partial charge is 0.333 e. The monoisotopic (exact) mass is 391 g/mol. The van der Waals surface area contributed by atoms with Gasteiger partial charge in [0.25, 0.3) is 0 Å². The maximum absolute atomic E-state index is 12.9. The Morgan fingerprint density at radius 3 is 2.62 bits per heavy atom. The van der Waals surface area contributed by atoms with E-state index < -0.39 is 0 Å². The average Bonchev–Trinajstić information content (AvgIpc) is 3.17. The molecule has 7 heteroatoms. The Bertz CT molecular complexity index is 516. The molecule has 0 spiro atoms. The molecule has 24 heavy (non-hydrogen) atoms. The minimum absolute atomic E-state index is 0. The van der Waals surface area contributed by atoms with Gasteiger partial charge >= 0.3 is 0 Å². The van der Waals surface area contributed by atoms with E-state index in [9.17, 15) is 4.79 Å². The molecule has 3 aliphatic heterocycles. The molecule has 2 bridgehead atoms. The summed E-state index contributed by atoms with van der Waals surface area (Å²) in [4.78, 5) is 19.5. The molecule has 4 nitrogen and oxygen atoms in total. The molecule has 3 saturated heterocycles. The Balaban J connectivity index is 0.00000104. The standard InChI is InChI=1S/C17H25N3OS.2ClH/c21-16(11-12-9-13-4-5-14(10-12)19-13)20-7-2-1-3-15(20)17-18-6-8-22-17;;/h6,8,12-15,19H,1-5,7,9-11H2;2*1H. The average molecular weight is 392 g/mol. The zero-order valence-electron chi connectivity index (χ0n) is 13.9. The van der Waals surface area contributed by atoms with Crippen molar-refractivity contribution in [2.45, 2.75) is 69.5 Å². The Morgan fingerprint density at radius 2 is 1.96 bits per heavy atom. The van der Waals surface area contributed by atoms with Crippen molar-refractivity contribution in [3.63, 3.8) is 0 Å². The van der Waals surface area contributed by atoms with E-state index in [-0.39, 0.29) is 30.9 Å². The van der Waals surface area contributed by atoms with Gasteiger partial charge in [-0.25, -0.2) is 4.98 Å². The molecule has 1 aromatic rings. The number of likely N-dealkylation sites (tertiary alicyclic amines) is 1. The molecule has 3 aliphatic rings. The van der Waals surface area contributed by atoms with Crippen LogP contribution in [0.25, 0.3) is 0 Å². The Labute approximate surface area is 160 Å². The topological polar surface area (TPSA) is 45.2 Å². The van der Waals surface area contributed by atoms with Crippen LogP contribution in [0.3, 0.4) is 0 Å². The van der Waals surface area contributed by atoms with Gasteiger partial charge in [0.05, 0.1) is 6.04 Å². The molecule has 0 saturated carbocycles. The third kappa shape index (κ3) is 4.24. The Kier molecular flexibility index (Phi) is 7.35. The summed E-state index contributed by atoms with van der Waals surface area (Å²) in [6, 6.07) is 1.58. The maximum Gasteiger partial charge on any atom is 0.223 e. The first-order valence-electron chi connectivity index (χ1n) is 8.74. The second kappa shape index (κ2) is 8.84. The van der Waals surface area contributed by atoms with Crippen LogP contribution in [0, 0.1) is 5.92 Å². The lowest BCUT2D eigenvalue weighted by molar-refractivity contribution is -0.136. The second-order valence-electron chi connectivity index (χ2n) is 7.15. The van der Waals surface area contributed by atoms with Crippen LogP contribution >= 0.6 is 36.2 Å². The molecule has 136 valence electrons. The molecular weight excluding hydrogens is 365 g/mol. The molecular formula is C17H27Cl2N3OS. The van der Waals surface area contributed by atoms with Gasteiger partial charge in [0.15, 0.2) is 0 Å². The number of halogens is 2. The van der Waals surface area contributed by atoms with Gasteiger partial charge in [-0.3, -0.25) is 4.79 Å². The van der Waals surface area contributed by atoms with Gasteiger partial charge in [0, 0.05) is 36.6 Å². The minimum atomic E-state index is 0. The normalized spacial score (nSPS) is 31.9. The summed E-state index contributed by atoms with van der Waals surface area (Å²) in [6.45, 7) is 0.918. The van der Waals surface area contributed by atoms with Gasteiger partial charge in [-0.2, -0.15) is 0 Å². The van der Waals surface area contributed by atoms with Crippen molar-refractivity contribution in [1.82, 2.24) is 15.2 Å². The first-order chi connectivity index (χ1) is 10.8. The molecule has 0 aromatic carbocycles. The van der Waals surface area contributed by atoms with Crippen molar-refractivity contribution < 1.29 is 4.79 Å². The molecule has 3 atom stereocenters. The molecule has 4 rings (SSSR count). The molecule has 0 aliphatic carbocycles. The third-order valence-corrected chi connectivity index (χ3v) is 6.47. The van der Waals surface area contributed by atoms with Gasteiger partial charge < -0.3 is 10.2 Å². The van der Waals surface area contributed by atoms with E-state index in [1.807, 2.05) is 11.6 Å². The van der Waals surface area contributed by atoms with E-state index >= 15 is 0 Å². The first-order valence-corrected chi connectivity index (χ1v) is 9.62. The van der Waals surface area contributed by atoms with Gasteiger partial charge in [0.2, 0.25) is 5.91 Å². The van der Waals surface area contributed by atoms with Crippen LogP contribution in [-0.4, -0.2) is 34.4 Å². The lowest BCUT2D eigenvalue weighted by Gasteiger charge is -2.36. The minimum Gasteiger partial charge on any atom is -0.333 e. The SMILES string of the molecule is Cl.Cl.O=C(CC1CC2CCC(C1)N2)N1CCCCC1c1nccs1. The Morgan fingerprint density at radius 1 is 1.21 bits per heavy atom. The summed E-state index contributed by atoms with van der Waals surface area (Å²) in [6.07, 6.45) is 11.0. The summed E-state index contributed by atoms with van der Waals surface area (Å²) >= 11 is 1.69. The highest BCUT2D eigenvalue weighted by molar-refractivity contribution is 7.09. The fourth-order valence-corrected chi connectivity index (χ4v) is 5.38. The van der Waals surface area contributed by atoms with Crippen LogP contribution in [0.2, 0.25) is 0 Å². The van der Waals surface area contributed by atoms with E-state index in [0.29, 0.717) is 23.9 Å². The summed E-state index contributed by atoms with van der Waals surface area (Å²) in [5.74, 6) is 0.955. The number of carbonyl (C=O) groups excluding carboxylic acids is 1. The summed E-state index contributed by atoms with van der Waals surface area (Å²) in [7, 11) is 0. The number of nitrogens with one attached hydrogen (secondary N) is 1. The third-order valence-electron chi connectivity index (χ3n) is 5.59. The molecule has 1 amide bonds. The van der Waals surface area contributed by atoms with E-state index in [0.717, 1.165) is 30.8 Å². The number of hydrogen-bond donors (Lipinski definition) is 1. The lowest BCUT2D eigenvalue weighted by Crippen LogP contribution is -2.42. The molecule has 3 fully saturated rings. The fraction of sp³-hybridized carbons (Fsp3) is 0.765. The van der Waals surface area contributed by atoms with E-state index in [1.165, 1.54) is 32.1 Å². The number of piperidine rings is 2. The fourth-order valence-electron chi connectivity index (χ4n) is 4.59. The predicted octanol–water partition coefficient (Wildman–Crippen LogP) is 3.96. The van der Waals surface area contributed by atoms with Crippen LogP contribution < -0.4 is 5.32 Å². The second-order valence-corrected chi connectivity index (χ2v) is 8.07. The van der Waals surface area contributed by atoms with Crippen LogP contribution in [0.1, 0.15) is 62.4 Å². The van der Waals surface area contributed by atoms with Gasteiger partial charge in [-0.1, -0.05) is 0 Å². The van der Waals surface area contributed by atoms with Crippen LogP contribution in [0.4, 0.5) is 0 Å². The highest BCUT2D eigenvalue weighted by Gasteiger charge is 2.36. The first kappa shape index (κ1) is 20.0. The van der Waals surface area contributed by atoms with Crippen LogP contribution in [-0.2, 0) is 4.79 Å². The van der Waals surface area contributed by atoms with Crippen molar-refractivity contribution >= 4 is 42.1 Å². The maximum atomic E-state index is 12.9.